The molecule has 0 saturated heterocycles. The molecule has 0 rings (SSSR count). The van der Waals surface area contributed by atoms with Crippen LogP contribution in [0.15, 0.2) is 24.3 Å². The summed E-state index contributed by atoms with van der Waals surface area (Å²) in [5.74, 6) is -0.711. The number of hydrogen-bond donors (Lipinski definition) is 0. The van der Waals surface area contributed by atoms with Gasteiger partial charge in [0.05, 0.1) is 13.2 Å². The van der Waals surface area contributed by atoms with E-state index in [2.05, 4.69) is 52.4 Å². The number of esters is 2. The number of carbonyl (C=O) groups is 2. The van der Waals surface area contributed by atoms with Gasteiger partial charge >= 0.3 is 20.5 Å². The Balaban J connectivity index is 4.49. The summed E-state index contributed by atoms with van der Waals surface area (Å²) in [5, 5.41) is 0. The van der Waals surface area contributed by atoms with Crippen LogP contribution in [0.4, 0.5) is 0 Å². The Kier molecular flexibility index (Phi) is 10.8. The molecule has 0 aliphatic rings. The fourth-order valence-electron chi connectivity index (χ4n) is 2.75. The second-order valence-electron chi connectivity index (χ2n) is 8.81. The topological polar surface area (TPSA) is 71.1 Å². The van der Waals surface area contributed by atoms with Gasteiger partial charge in [0.2, 0.25) is 0 Å². The summed E-state index contributed by atoms with van der Waals surface area (Å²) in [6.07, 6.45) is 0.764. The van der Waals surface area contributed by atoms with Gasteiger partial charge in [-0.1, -0.05) is 13.2 Å². The Morgan fingerprint density at radius 3 is 1.54 bits per heavy atom. The average Bonchev–Trinajstić information content (AvgIpc) is 2.48. The van der Waals surface area contributed by atoms with Gasteiger partial charge in [-0.2, -0.15) is 0 Å². The summed E-state index contributed by atoms with van der Waals surface area (Å²) < 4.78 is 23.3. The highest BCUT2D eigenvalue weighted by Crippen LogP contribution is 2.25. The third kappa shape index (κ3) is 12.4. The molecule has 0 saturated carbocycles. The van der Waals surface area contributed by atoms with E-state index in [1.807, 2.05) is 0 Å². The molecule has 0 aliphatic heterocycles. The fourth-order valence-corrected chi connectivity index (χ4v) is 16.3. The van der Waals surface area contributed by atoms with Crippen molar-refractivity contribution in [3.8, 4) is 0 Å². The minimum absolute atomic E-state index is 0.338. The van der Waals surface area contributed by atoms with E-state index in [-0.39, 0.29) is 11.9 Å². The minimum Gasteiger partial charge on any atom is -0.463 e. The molecule has 9 heteroatoms. The highest BCUT2D eigenvalue weighted by molar-refractivity contribution is 6.87. The zero-order valence-corrected chi connectivity index (χ0v) is 21.9. The van der Waals surface area contributed by atoms with E-state index in [1.54, 1.807) is 13.8 Å². The molecule has 162 valence electrons. The molecule has 0 N–H and O–H groups in total. The molecule has 6 nitrogen and oxygen atoms in total. The first-order valence-electron chi connectivity index (χ1n) is 9.62. The van der Waals surface area contributed by atoms with Crippen molar-refractivity contribution in [2.45, 2.75) is 71.6 Å². The standard InChI is InChI=1S/C19H38O6Si3/c1-16(2)18(20)22-12-11-14-26(5,6)24-28(9,10)25-27(7,8)15-13-23-19(21)17(3)4/h1,3,11-15H2,2,4-10H3. The van der Waals surface area contributed by atoms with Gasteiger partial charge in [-0.3, -0.25) is 0 Å². The molecule has 0 unspecified atom stereocenters. The summed E-state index contributed by atoms with van der Waals surface area (Å²) in [7, 11) is -6.32. The lowest BCUT2D eigenvalue weighted by Gasteiger charge is -2.38. The van der Waals surface area contributed by atoms with Crippen molar-refractivity contribution in [1.82, 2.24) is 0 Å². The SMILES string of the molecule is C=C(C)C(=O)OCCC[Si](C)(C)O[Si](C)(C)O[Si](C)(C)CCOC(=O)C(=C)C. The molecule has 0 aromatic carbocycles. The van der Waals surface area contributed by atoms with Gasteiger partial charge in [-0.25, -0.2) is 9.59 Å². The molecule has 28 heavy (non-hydrogen) atoms. The van der Waals surface area contributed by atoms with E-state index in [4.69, 9.17) is 17.7 Å². The third-order valence-corrected chi connectivity index (χ3v) is 15.2. The van der Waals surface area contributed by atoms with Gasteiger partial charge in [0.1, 0.15) is 0 Å². The second-order valence-corrected chi connectivity index (χ2v) is 21.3. The zero-order chi connectivity index (χ0) is 22.2. The molecule has 0 fully saturated rings. The van der Waals surface area contributed by atoms with Crippen molar-refractivity contribution in [3.63, 3.8) is 0 Å². The maximum absolute atomic E-state index is 11.5. The number of ether oxygens (including phenoxy) is 2. The first kappa shape index (κ1) is 27.0. The summed E-state index contributed by atoms with van der Waals surface area (Å²) >= 11 is 0. The Hall–Kier alpha value is -1.01. The van der Waals surface area contributed by atoms with E-state index < -0.39 is 25.2 Å². The normalized spacial score (nSPS) is 12.4. The molecule has 0 aromatic heterocycles. The molecular weight excluding hydrogens is 408 g/mol. The monoisotopic (exact) mass is 446 g/mol. The summed E-state index contributed by atoms with van der Waals surface area (Å²) in [4.78, 5) is 22.9. The smallest absolute Gasteiger partial charge is 0.333 e. The van der Waals surface area contributed by atoms with Gasteiger partial charge in [0, 0.05) is 11.1 Å². The van der Waals surface area contributed by atoms with E-state index in [1.165, 1.54) is 0 Å². The molecule has 0 spiro atoms. The summed E-state index contributed by atoms with van der Waals surface area (Å²) in [6, 6.07) is 1.60. The van der Waals surface area contributed by atoms with Gasteiger partial charge < -0.3 is 17.7 Å². The molecule has 0 heterocycles. The fraction of sp³-hybridized carbons (Fsp3) is 0.684. The van der Waals surface area contributed by atoms with Crippen LogP contribution in [0.25, 0.3) is 0 Å². The molecule has 0 bridgehead atoms. The van der Waals surface area contributed by atoms with Crippen LogP contribution < -0.4 is 0 Å². The first-order chi connectivity index (χ1) is 12.6. The Bertz CT molecular complexity index is 584. The van der Waals surface area contributed by atoms with Gasteiger partial charge in [0.25, 0.3) is 0 Å². The Morgan fingerprint density at radius 1 is 0.714 bits per heavy atom. The Morgan fingerprint density at radius 2 is 1.11 bits per heavy atom. The lowest BCUT2D eigenvalue weighted by molar-refractivity contribution is -0.139. The molecule has 0 aromatic rings. The van der Waals surface area contributed by atoms with Crippen LogP contribution >= 0.6 is 0 Å². The molecule has 0 radical (unpaired) electrons. The van der Waals surface area contributed by atoms with Gasteiger partial charge in [0.15, 0.2) is 16.6 Å². The van der Waals surface area contributed by atoms with Crippen LogP contribution in [0, 0.1) is 0 Å². The van der Waals surface area contributed by atoms with Gasteiger partial charge in [-0.05, 0) is 71.6 Å². The first-order valence-corrected chi connectivity index (χ1v) is 18.7. The van der Waals surface area contributed by atoms with E-state index in [9.17, 15) is 9.59 Å². The largest absolute Gasteiger partial charge is 0.463 e. The maximum atomic E-state index is 11.5. The minimum atomic E-state index is -2.33. The van der Waals surface area contributed by atoms with Crippen LogP contribution in [0.1, 0.15) is 20.3 Å². The highest BCUT2D eigenvalue weighted by atomic mass is 28.5. The van der Waals surface area contributed by atoms with Crippen LogP contribution in [-0.2, 0) is 27.3 Å². The van der Waals surface area contributed by atoms with Crippen molar-refractivity contribution in [2.24, 2.45) is 0 Å². The van der Waals surface area contributed by atoms with Crippen LogP contribution in [0.3, 0.4) is 0 Å². The zero-order valence-electron chi connectivity index (χ0n) is 18.9. The van der Waals surface area contributed by atoms with E-state index >= 15 is 0 Å². The number of carbonyl (C=O) groups excluding carboxylic acids is 2. The molecule has 0 amide bonds. The van der Waals surface area contributed by atoms with E-state index in [0.717, 1.165) is 12.5 Å². The molecule has 0 aliphatic carbocycles. The van der Waals surface area contributed by atoms with Crippen molar-refractivity contribution >= 4 is 37.1 Å². The maximum Gasteiger partial charge on any atom is 0.333 e. The summed E-state index contributed by atoms with van der Waals surface area (Å²) in [5.41, 5.74) is 0.816. The highest BCUT2D eigenvalue weighted by Gasteiger charge is 2.39. The molecular formula is C19H38O6Si3. The number of rotatable bonds is 13. The van der Waals surface area contributed by atoms with Crippen LogP contribution in [0.5, 0.6) is 0 Å². The lowest BCUT2D eigenvalue weighted by Crippen LogP contribution is -2.52. The Labute approximate surface area is 173 Å². The second kappa shape index (κ2) is 11.2. The van der Waals surface area contributed by atoms with Crippen molar-refractivity contribution in [2.75, 3.05) is 13.2 Å². The van der Waals surface area contributed by atoms with Crippen molar-refractivity contribution < 1.29 is 27.3 Å². The van der Waals surface area contributed by atoms with Crippen molar-refractivity contribution in [1.29, 1.82) is 0 Å². The summed E-state index contributed by atoms with van der Waals surface area (Å²) in [6.45, 7) is 23.8. The number of hydrogen-bond acceptors (Lipinski definition) is 6. The van der Waals surface area contributed by atoms with Crippen molar-refractivity contribution in [3.05, 3.63) is 24.3 Å². The average molecular weight is 447 g/mol. The lowest BCUT2D eigenvalue weighted by atomic mass is 10.4. The predicted octanol–water partition coefficient (Wildman–Crippen LogP) is 4.76. The van der Waals surface area contributed by atoms with Crippen LogP contribution in [0.2, 0.25) is 51.4 Å². The third-order valence-electron chi connectivity index (χ3n) is 3.83. The van der Waals surface area contributed by atoms with Gasteiger partial charge in [-0.15, -0.1) is 0 Å². The quantitative estimate of drug-likeness (QED) is 0.176. The van der Waals surface area contributed by atoms with Crippen LogP contribution in [-0.4, -0.2) is 50.3 Å². The van der Waals surface area contributed by atoms with E-state index in [0.29, 0.717) is 30.4 Å². The predicted molar refractivity (Wildman–Crippen MR) is 120 cm³/mol. The molecule has 0 atom stereocenters.